The number of ether oxygens (including phenoxy) is 1. The lowest BCUT2D eigenvalue weighted by Gasteiger charge is -2.22. The standard InChI is InChI=1S/C18H28N4O2.HI/c1-3-20-18(22(2)10-11-24-13-15-4-5-15)21-12-14-6-8-16(9-7-14)17(19)23;/h6-9,15H,3-5,10-13H2,1-2H3,(H2,19,23)(H,20,21);1H. The molecule has 0 heterocycles. The molecule has 1 saturated carbocycles. The summed E-state index contributed by atoms with van der Waals surface area (Å²) in [5.41, 5.74) is 6.80. The van der Waals surface area contributed by atoms with E-state index in [-0.39, 0.29) is 24.0 Å². The second-order valence-electron chi connectivity index (χ2n) is 6.17. The molecule has 0 aromatic heterocycles. The molecule has 0 saturated heterocycles. The summed E-state index contributed by atoms with van der Waals surface area (Å²) in [7, 11) is 2.01. The molecule has 2 rings (SSSR count). The van der Waals surface area contributed by atoms with Crippen LogP contribution in [0.25, 0.3) is 0 Å². The lowest BCUT2D eigenvalue weighted by atomic mass is 10.1. The number of nitrogens with one attached hydrogen (secondary N) is 1. The van der Waals surface area contributed by atoms with Gasteiger partial charge in [-0.3, -0.25) is 4.79 Å². The SMILES string of the molecule is CCNC(=NCc1ccc(C(N)=O)cc1)N(C)CCOCC1CC1.I. The quantitative estimate of drug-likeness (QED) is 0.257. The van der Waals surface area contributed by atoms with Gasteiger partial charge in [0, 0.05) is 32.3 Å². The summed E-state index contributed by atoms with van der Waals surface area (Å²) in [4.78, 5) is 17.8. The van der Waals surface area contributed by atoms with Crippen LogP contribution in [-0.4, -0.2) is 50.1 Å². The van der Waals surface area contributed by atoms with E-state index < -0.39 is 5.91 Å². The summed E-state index contributed by atoms with van der Waals surface area (Å²) in [5.74, 6) is 1.23. The molecule has 0 aliphatic heterocycles. The summed E-state index contributed by atoms with van der Waals surface area (Å²) in [5, 5.41) is 3.29. The maximum atomic E-state index is 11.1. The van der Waals surface area contributed by atoms with Gasteiger partial charge in [0.1, 0.15) is 0 Å². The molecule has 1 aliphatic rings. The fourth-order valence-electron chi connectivity index (χ4n) is 2.25. The average molecular weight is 460 g/mol. The van der Waals surface area contributed by atoms with Gasteiger partial charge in [-0.2, -0.15) is 0 Å². The minimum Gasteiger partial charge on any atom is -0.379 e. The van der Waals surface area contributed by atoms with E-state index in [9.17, 15) is 4.79 Å². The molecule has 1 fully saturated rings. The third-order valence-corrected chi connectivity index (χ3v) is 3.97. The zero-order chi connectivity index (χ0) is 17.4. The van der Waals surface area contributed by atoms with Gasteiger partial charge >= 0.3 is 0 Å². The number of nitrogens with two attached hydrogens (primary N) is 1. The molecule has 3 N–H and O–H groups in total. The highest BCUT2D eigenvalue weighted by Crippen LogP contribution is 2.28. The van der Waals surface area contributed by atoms with E-state index in [0.29, 0.717) is 18.7 Å². The van der Waals surface area contributed by atoms with E-state index >= 15 is 0 Å². The van der Waals surface area contributed by atoms with Crippen molar-refractivity contribution in [1.29, 1.82) is 0 Å². The van der Waals surface area contributed by atoms with Crippen LogP contribution < -0.4 is 11.1 Å². The second kappa shape index (κ2) is 11.3. The fourth-order valence-corrected chi connectivity index (χ4v) is 2.25. The number of benzene rings is 1. The molecular formula is C18H29IN4O2. The Hall–Kier alpha value is -1.35. The van der Waals surface area contributed by atoms with Gasteiger partial charge in [-0.15, -0.1) is 24.0 Å². The van der Waals surface area contributed by atoms with Crippen molar-refractivity contribution in [1.82, 2.24) is 10.2 Å². The Morgan fingerprint density at radius 3 is 2.60 bits per heavy atom. The Bertz CT molecular complexity index is 559. The van der Waals surface area contributed by atoms with E-state index in [4.69, 9.17) is 10.5 Å². The average Bonchev–Trinajstić information content (AvgIpc) is 3.40. The van der Waals surface area contributed by atoms with E-state index in [2.05, 4.69) is 22.1 Å². The topological polar surface area (TPSA) is 79.9 Å². The summed E-state index contributed by atoms with van der Waals surface area (Å²) >= 11 is 0. The number of aliphatic imine (C=N–C) groups is 1. The first-order chi connectivity index (χ1) is 11.6. The minimum atomic E-state index is -0.413. The van der Waals surface area contributed by atoms with Crippen LogP contribution in [-0.2, 0) is 11.3 Å². The largest absolute Gasteiger partial charge is 0.379 e. The van der Waals surface area contributed by atoms with Crippen LogP contribution >= 0.6 is 24.0 Å². The lowest BCUT2D eigenvalue weighted by molar-refractivity contribution is 0.100. The van der Waals surface area contributed by atoms with Crippen molar-refractivity contribution in [3.8, 4) is 0 Å². The minimum absolute atomic E-state index is 0. The summed E-state index contributed by atoms with van der Waals surface area (Å²) in [6, 6.07) is 7.23. The van der Waals surface area contributed by atoms with E-state index in [0.717, 1.165) is 37.1 Å². The molecule has 0 bridgehead atoms. The van der Waals surface area contributed by atoms with Crippen LogP contribution in [0, 0.1) is 5.92 Å². The number of carbonyl (C=O) groups is 1. The molecule has 0 spiro atoms. The molecule has 1 aromatic rings. The molecule has 0 atom stereocenters. The van der Waals surface area contributed by atoms with Crippen molar-refractivity contribution in [3.63, 3.8) is 0 Å². The van der Waals surface area contributed by atoms with Gasteiger partial charge in [0.2, 0.25) is 5.91 Å². The maximum Gasteiger partial charge on any atom is 0.248 e. The van der Waals surface area contributed by atoms with Gasteiger partial charge in [-0.1, -0.05) is 12.1 Å². The third-order valence-electron chi connectivity index (χ3n) is 3.97. The highest BCUT2D eigenvalue weighted by Gasteiger charge is 2.21. The molecule has 140 valence electrons. The Morgan fingerprint density at radius 2 is 2.04 bits per heavy atom. The molecule has 0 radical (unpaired) electrons. The Labute approximate surface area is 167 Å². The number of halogens is 1. The van der Waals surface area contributed by atoms with E-state index in [1.54, 1.807) is 12.1 Å². The number of primary amides is 1. The number of carbonyl (C=O) groups excluding carboxylic acids is 1. The zero-order valence-electron chi connectivity index (χ0n) is 15.0. The molecule has 7 heteroatoms. The Morgan fingerprint density at radius 1 is 1.36 bits per heavy atom. The molecule has 0 unspecified atom stereocenters. The summed E-state index contributed by atoms with van der Waals surface area (Å²) in [6.07, 6.45) is 2.63. The third kappa shape index (κ3) is 8.04. The monoisotopic (exact) mass is 460 g/mol. The number of hydrogen-bond donors (Lipinski definition) is 2. The van der Waals surface area contributed by atoms with Gasteiger partial charge in [0.05, 0.1) is 13.2 Å². The maximum absolute atomic E-state index is 11.1. The van der Waals surface area contributed by atoms with Gasteiger partial charge in [-0.05, 0) is 43.4 Å². The van der Waals surface area contributed by atoms with Crippen LogP contribution in [0.3, 0.4) is 0 Å². The number of rotatable bonds is 9. The highest BCUT2D eigenvalue weighted by molar-refractivity contribution is 14.0. The number of amides is 1. The lowest BCUT2D eigenvalue weighted by Crippen LogP contribution is -2.40. The van der Waals surface area contributed by atoms with Crippen molar-refractivity contribution in [3.05, 3.63) is 35.4 Å². The van der Waals surface area contributed by atoms with E-state index in [1.807, 2.05) is 19.2 Å². The van der Waals surface area contributed by atoms with Gasteiger partial charge < -0.3 is 20.7 Å². The highest BCUT2D eigenvalue weighted by atomic mass is 127. The van der Waals surface area contributed by atoms with Crippen molar-refractivity contribution in [2.24, 2.45) is 16.6 Å². The number of nitrogens with zero attached hydrogens (tertiary/aromatic N) is 2. The zero-order valence-corrected chi connectivity index (χ0v) is 17.4. The first-order valence-corrected chi connectivity index (χ1v) is 8.56. The fraction of sp³-hybridized carbons (Fsp3) is 0.556. The normalized spacial score (nSPS) is 13.9. The van der Waals surface area contributed by atoms with Gasteiger partial charge in [0.25, 0.3) is 0 Å². The summed E-state index contributed by atoms with van der Waals surface area (Å²) in [6.45, 7) is 5.81. The Balaban J connectivity index is 0.00000312. The van der Waals surface area contributed by atoms with Crippen molar-refractivity contribution >= 4 is 35.8 Å². The number of hydrogen-bond acceptors (Lipinski definition) is 3. The number of likely N-dealkylation sites (N-methyl/N-ethyl adjacent to an activating group) is 1. The van der Waals surface area contributed by atoms with Crippen LogP contribution in [0.1, 0.15) is 35.7 Å². The first-order valence-electron chi connectivity index (χ1n) is 8.56. The van der Waals surface area contributed by atoms with E-state index in [1.165, 1.54) is 12.8 Å². The smallest absolute Gasteiger partial charge is 0.248 e. The van der Waals surface area contributed by atoms with Crippen LogP contribution in [0.2, 0.25) is 0 Å². The van der Waals surface area contributed by atoms with Crippen molar-refractivity contribution < 1.29 is 9.53 Å². The predicted octanol–water partition coefficient (Wildman–Crippen LogP) is 2.23. The summed E-state index contributed by atoms with van der Waals surface area (Å²) < 4.78 is 5.69. The predicted molar refractivity (Wildman–Crippen MR) is 111 cm³/mol. The first kappa shape index (κ1) is 21.7. The Kier molecular flexibility index (Phi) is 9.81. The van der Waals surface area contributed by atoms with Crippen LogP contribution in [0.4, 0.5) is 0 Å². The molecule has 1 aromatic carbocycles. The molecule has 6 nitrogen and oxygen atoms in total. The molecule has 1 aliphatic carbocycles. The number of guanidine groups is 1. The van der Waals surface area contributed by atoms with Crippen LogP contribution in [0.5, 0.6) is 0 Å². The van der Waals surface area contributed by atoms with Crippen molar-refractivity contribution in [2.45, 2.75) is 26.3 Å². The van der Waals surface area contributed by atoms with Crippen LogP contribution in [0.15, 0.2) is 29.3 Å². The second-order valence-corrected chi connectivity index (χ2v) is 6.17. The van der Waals surface area contributed by atoms with Gasteiger partial charge in [-0.25, -0.2) is 4.99 Å². The van der Waals surface area contributed by atoms with Gasteiger partial charge in [0.15, 0.2) is 5.96 Å². The molecule has 25 heavy (non-hydrogen) atoms. The van der Waals surface area contributed by atoms with Crippen molar-refractivity contribution in [2.75, 3.05) is 33.4 Å². The molecule has 1 amide bonds. The molecular weight excluding hydrogens is 431 g/mol.